The Bertz CT molecular complexity index is 351. The van der Waals surface area contributed by atoms with E-state index in [2.05, 4.69) is 51.2 Å². The Morgan fingerprint density at radius 2 is 1.72 bits per heavy atom. The minimum atomic E-state index is 0.287. The second-order valence-corrected chi connectivity index (χ2v) is 6.01. The van der Waals surface area contributed by atoms with Crippen molar-refractivity contribution in [3.63, 3.8) is 0 Å². The summed E-state index contributed by atoms with van der Waals surface area (Å²) < 4.78 is 5.15. The largest absolute Gasteiger partial charge is 0.385 e. The molecule has 1 rings (SSSR count). The van der Waals surface area contributed by atoms with Crippen LogP contribution in [-0.2, 0) is 11.3 Å². The van der Waals surface area contributed by atoms with Gasteiger partial charge in [-0.25, -0.2) is 0 Å². The van der Waals surface area contributed by atoms with Crippen LogP contribution in [0.2, 0.25) is 0 Å². The Morgan fingerprint density at radius 3 is 2.28 bits per heavy atom. The minimum Gasteiger partial charge on any atom is -0.385 e. The summed E-state index contributed by atoms with van der Waals surface area (Å²) in [6.07, 6.45) is 1.09. The van der Waals surface area contributed by atoms with Crippen molar-refractivity contribution in [2.24, 2.45) is 5.41 Å². The SMILES string of the molecule is COCCC(C)(C)CNCc1cc(C)cc(C)c1. The number of aryl methyl sites for hydroxylation is 2. The normalized spacial score (nSPS) is 11.8. The summed E-state index contributed by atoms with van der Waals surface area (Å²) in [5.41, 5.74) is 4.33. The van der Waals surface area contributed by atoms with Gasteiger partial charge in [0.05, 0.1) is 0 Å². The summed E-state index contributed by atoms with van der Waals surface area (Å²) in [7, 11) is 1.76. The van der Waals surface area contributed by atoms with Crippen LogP contribution in [0.15, 0.2) is 18.2 Å². The highest BCUT2D eigenvalue weighted by atomic mass is 16.5. The molecule has 0 amide bonds. The molecule has 0 spiro atoms. The lowest BCUT2D eigenvalue weighted by Gasteiger charge is -2.24. The monoisotopic (exact) mass is 249 g/mol. The predicted octanol–water partition coefficient (Wildman–Crippen LogP) is 3.46. The highest BCUT2D eigenvalue weighted by Crippen LogP contribution is 2.19. The number of methoxy groups -OCH3 is 1. The fourth-order valence-electron chi connectivity index (χ4n) is 2.18. The van der Waals surface area contributed by atoms with Gasteiger partial charge in [-0.3, -0.25) is 0 Å². The number of hydrogen-bond donors (Lipinski definition) is 1. The van der Waals surface area contributed by atoms with Gasteiger partial charge in [0.1, 0.15) is 0 Å². The first-order chi connectivity index (χ1) is 8.43. The van der Waals surface area contributed by atoms with Gasteiger partial charge in [-0.2, -0.15) is 0 Å². The van der Waals surface area contributed by atoms with E-state index >= 15 is 0 Å². The van der Waals surface area contributed by atoms with Crippen LogP contribution in [0.1, 0.15) is 37.0 Å². The van der Waals surface area contributed by atoms with Gasteiger partial charge in [-0.05, 0) is 31.2 Å². The molecule has 0 saturated heterocycles. The minimum absolute atomic E-state index is 0.287. The molecule has 0 fully saturated rings. The Balaban J connectivity index is 2.41. The number of rotatable bonds is 7. The van der Waals surface area contributed by atoms with E-state index in [4.69, 9.17) is 4.74 Å². The molecule has 0 aliphatic heterocycles. The molecule has 0 radical (unpaired) electrons. The molecule has 18 heavy (non-hydrogen) atoms. The van der Waals surface area contributed by atoms with Crippen molar-refractivity contribution in [1.82, 2.24) is 5.32 Å². The van der Waals surface area contributed by atoms with E-state index in [1.165, 1.54) is 16.7 Å². The van der Waals surface area contributed by atoms with E-state index in [-0.39, 0.29) is 5.41 Å². The molecule has 0 bridgehead atoms. The second-order valence-electron chi connectivity index (χ2n) is 6.01. The first-order valence-corrected chi connectivity index (χ1v) is 6.70. The quantitative estimate of drug-likeness (QED) is 0.799. The number of nitrogens with one attached hydrogen (secondary N) is 1. The molecule has 2 nitrogen and oxygen atoms in total. The van der Waals surface area contributed by atoms with Gasteiger partial charge in [0.2, 0.25) is 0 Å². The van der Waals surface area contributed by atoms with Crippen molar-refractivity contribution in [2.45, 2.75) is 40.7 Å². The lowest BCUT2D eigenvalue weighted by atomic mass is 9.89. The maximum atomic E-state index is 5.15. The molecule has 0 heterocycles. The zero-order valence-corrected chi connectivity index (χ0v) is 12.5. The van der Waals surface area contributed by atoms with Crippen LogP contribution in [0.4, 0.5) is 0 Å². The Morgan fingerprint density at radius 1 is 1.11 bits per heavy atom. The summed E-state index contributed by atoms with van der Waals surface area (Å²) in [5, 5.41) is 3.55. The molecule has 0 aromatic heterocycles. The van der Waals surface area contributed by atoms with Gasteiger partial charge in [0, 0.05) is 26.8 Å². The van der Waals surface area contributed by atoms with Crippen LogP contribution in [0.3, 0.4) is 0 Å². The lowest BCUT2D eigenvalue weighted by Crippen LogP contribution is -2.30. The van der Waals surface area contributed by atoms with Crippen LogP contribution in [0.25, 0.3) is 0 Å². The number of ether oxygens (including phenoxy) is 1. The van der Waals surface area contributed by atoms with E-state index in [1.807, 2.05) is 0 Å². The summed E-state index contributed by atoms with van der Waals surface area (Å²) >= 11 is 0. The van der Waals surface area contributed by atoms with E-state index in [0.29, 0.717) is 0 Å². The van der Waals surface area contributed by atoms with Crippen LogP contribution >= 0.6 is 0 Å². The fraction of sp³-hybridized carbons (Fsp3) is 0.625. The first-order valence-electron chi connectivity index (χ1n) is 6.70. The molecule has 0 atom stereocenters. The van der Waals surface area contributed by atoms with Crippen LogP contribution < -0.4 is 5.32 Å². The molecule has 1 N–H and O–H groups in total. The average Bonchev–Trinajstić information content (AvgIpc) is 2.25. The Labute approximate surface area is 112 Å². The maximum Gasteiger partial charge on any atom is 0.0467 e. The third kappa shape index (κ3) is 5.65. The highest BCUT2D eigenvalue weighted by molar-refractivity contribution is 5.28. The van der Waals surface area contributed by atoms with Gasteiger partial charge < -0.3 is 10.1 Å². The molecule has 0 unspecified atom stereocenters. The van der Waals surface area contributed by atoms with E-state index in [9.17, 15) is 0 Å². The zero-order valence-electron chi connectivity index (χ0n) is 12.5. The molecular formula is C16H27NO. The summed E-state index contributed by atoms with van der Waals surface area (Å²) in [6, 6.07) is 6.72. The smallest absolute Gasteiger partial charge is 0.0467 e. The molecule has 1 aromatic carbocycles. The molecule has 1 aromatic rings. The van der Waals surface area contributed by atoms with Gasteiger partial charge in [0.15, 0.2) is 0 Å². The van der Waals surface area contributed by atoms with Crippen LogP contribution in [-0.4, -0.2) is 20.3 Å². The average molecular weight is 249 g/mol. The third-order valence-corrected chi connectivity index (χ3v) is 3.20. The van der Waals surface area contributed by atoms with Crippen LogP contribution in [0.5, 0.6) is 0 Å². The summed E-state index contributed by atoms with van der Waals surface area (Å²) in [6.45, 7) is 11.7. The fourth-order valence-corrected chi connectivity index (χ4v) is 2.18. The Hall–Kier alpha value is -0.860. The van der Waals surface area contributed by atoms with E-state index in [0.717, 1.165) is 26.1 Å². The number of hydrogen-bond acceptors (Lipinski definition) is 2. The molecular weight excluding hydrogens is 222 g/mol. The van der Waals surface area contributed by atoms with Gasteiger partial charge in [-0.15, -0.1) is 0 Å². The number of benzene rings is 1. The molecule has 0 aliphatic rings. The molecule has 2 heteroatoms. The highest BCUT2D eigenvalue weighted by Gasteiger charge is 2.16. The van der Waals surface area contributed by atoms with Crippen molar-refractivity contribution in [2.75, 3.05) is 20.3 Å². The molecule has 0 saturated carbocycles. The van der Waals surface area contributed by atoms with Crippen molar-refractivity contribution in [3.05, 3.63) is 34.9 Å². The summed E-state index contributed by atoms with van der Waals surface area (Å²) in [5.74, 6) is 0. The van der Waals surface area contributed by atoms with Crippen LogP contribution in [0, 0.1) is 19.3 Å². The Kier molecular flexibility index (Phi) is 5.83. The predicted molar refractivity (Wildman–Crippen MR) is 77.9 cm³/mol. The topological polar surface area (TPSA) is 21.3 Å². The summed E-state index contributed by atoms with van der Waals surface area (Å²) in [4.78, 5) is 0. The van der Waals surface area contributed by atoms with Gasteiger partial charge >= 0.3 is 0 Å². The van der Waals surface area contributed by atoms with Crippen molar-refractivity contribution >= 4 is 0 Å². The second kappa shape index (κ2) is 6.91. The zero-order chi connectivity index (χ0) is 13.6. The first kappa shape index (κ1) is 15.2. The van der Waals surface area contributed by atoms with Crippen molar-refractivity contribution in [1.29, 1.82) is 0 Å². The lowest BCUT2D eigenvalue weighted by molar-refractivity contribution is 0.150. The molecule has 0 aliphatic carbocycles. The van der Waals surface area contributed by atoms with E-state index in [1.54, 1.807) is 7.11 Å². The molecule has 102 valence electrons. The van der Waals surface area contributed by atoms with Crippen molar-refractivity contribution < 1.29 is 4.74 Å². The van der Waals surface area contributed by atoms with Gasteiger partial charge in [0.25, 0.3) is 0 Å². The third-order valence-electron chi connectivity index (χ3n) is 3.20. The standard InChI is InChI=1S/C16H27NO/c1-13-8-14(2)10-15(9-13)11-17-12-16(3,4)6-7-18-5/h8-10,17H,6-7,11-12H2,1-5H3. The van der Waals surface area contributed by atoms with E-state index < -0.39 is 0 Å². The van der Waals surface area contributed by atoms with Crippen molar-refractivity contribution in [3.8, 4) is 0 Å². The van der Waals surface area contributed by atoms with Gasteiger partial charge in [-0.1, -0.05) is 43.2 Å². The maximum absolute atomic E-state index is 5.15.